The van der Waals surface area contributed by atoms with Crippen molar-refractivity contribution in [3.05, 3.63) is 29.3 Å². The zero-order valence-corrected chi connectivity index (χ0v) is 10.5. The number of carbonyl (C=O) groups is 1. The van der Waals surface area contributed by atoms with E-state index >= 15 is 0 Å². The van der Waals surface area contributed by atoms with Gasteiger partial charge in [-0.3, -0.25) is 9.00 Å². The summed E-state index contributed by atoms with van der Waals surface area (Å²) in [5, 5.41) is 8.14. The van der Waals surface area contributed by atoms with Crippen LogP contribution >= 0.6 is 0 Å². The highest BCUT2D eigenvalue weighted by atomic mass is 32.2. The third-order valence-electron chi connectivity index (χ3n) is 2.45. The van der Waals surface area contributed by atoms with Crippen molar-refractivity contribution >= 4 is 16.8 Å². The molecule has 88 valence electrons. The van der Waals surface area contributed by atoms with Crippen LogP contribution in [0.4, 0.5) is 0 Å². The fourth-order valence-corrected chi connectivity index (χ4v) is 2.97. The number of hydrogen-bond donors (Lipinski definition) is 1. The molecule has 4 heteroatoms. The van der Waals surface area contributed by atoms with Gasteiger partial charge < -0.3 is 5.11 Å². The van der Waals surface area contributed by atoms with Crippen LogP contribution in [0, 0.1) is 13.8 Å². The maximum absolute atomic E-state index is 12.1. The van der Waals surface area contributed by atoms with E-state index in [1.165, 1.54) is 0 Å². The molecule has 0 saturated carbocycles. The molecular weight excluding hydrogens is 224 g/mol. The van der Waals surface area contributed by atoms with Gasteiger partial charge in [-0.15, -0.1) is 0 Å². The fourth-order valence-electron chi connectivity index (χ4n) is 1.60. The Kier molecular flexibility index (Phi) is 4.24. The van der Waals surface area contributed by atoms with Gasteiger partial charge in [-0.2, -0.15) is 0 Å². The largest absolute Gasteiger partial charge is 0.480 e. The smallest absolute Gasteiger partial charge is 0.319 e. The van der Waals surface area contributed by atoms with Crippen LogP contribution < -0.4 is 0 Å². The number of carboxylic acid groups (broad SMARTS) is 1. The third kappa shape index (κ3) is 2.70. The first kappa shape index (κ1) is 12.9. The van der Waals surface area contributed by atoms with E-state index in [0.717, 1.165) is 11.1 Å². The summed E-state index contributed by atoms with van der Waals surface area (Å²) in [4.78, 5) is 11.6. The molecule has 0 amide bonds. The van der Waals surface area contributed by atoms with Gasteiger partial charge in [0.25, 0.3) is 0 Å². The van der Waals surface area contributed by atoms with Crippen LogP contribution in [-0.4, -0.2) is 20.5 Å². The predicted molar refractivity (Wildman–Crippen MR) is 64.0 cm³/mol. The Hall–Kier alpha value is -1.16. The molecule has 0 spiro atoms. The molecule has 0 bridgehead atoms. The molecule has 0 aromatic heterocycles. The van der Waals surface area contributed by atoms with E-state index in [1.807, 2.05) is 26.0 Å². The van der Waals surface area contributed by atoms with Gasteiger partial charge in [0.2, 0.25) is 0 Å². The number of hydrogen-bond acceptors (Lipinski definition) is 2. The summed E-state index contributed by atoms with van der Waals surface area (Å²) >= 11 is 0. The minimum atomic E-state index is -1.47. The highest BCUT2D eigenvalue weighted by Gasteiger charge is 2.24. The van der Waals surface area contributed by atoms with Crippen molar-refractivity contribution in [3.63, 3.8) is 0 Å². The molecule has 0 unspecified atom stereocenters. The van der Waals surface area contributed by atoms with E-state index in [0.29, 0.717) is 11.3 Å². The molecule has 1 N–H and O–H groups in total. The van der Waals surface area contributed by atoms with E-state index in [1.54, 1.807) is 13.0 Å². The molecule has 1 aromatic rings. The normalized spacial score (nSPS) is 14.4. The van der Waals surface area contributed by atoms with Gasteiger partial charge in [0.1, 0.15) is 5.25 Å². The van der Waals surface area contributed by atoms with Crippen molar-refractivity contribution < 1.29 is 14.1 Å². The van der Waals surface area contributed by atoms with Crippen LogP contribution in [0.25, 0.3) is 0 Å². The summed E-state index contributed by atoms with van der Waals surface area (Å²) < 4.78 is 12.1. The maximum Gasteiger partial charge on any atom is 0.319 e. The minimum Gasteiger partial charge on any atom is -0.480 e. The Bertz CT molecular complexity index is 426. The van der Waals surface area contributed by atoms with Crippen LogP contribution in [-0.2, 0) is 15.6 Å². The molecule has 0 fully saturated rings. The Morgan fingerprint density at radius 1 is 1.44 bits per heavy atom. The quantitative estimate of drug-likeness (QED) is 0.878. The van der Waals surface area contributed by atoms with Crippen LogP contribution in [0.5, 0.6) is 0 Å². The summed E-state index contributed by atoms with van der Waals surface area (Å²) in [7, 11) is -1.47. The molecule has 2 atom stereocenters. The molecule has 0 saturated heterocycles. The molecule has 0 aliphatic carbocycles. The topological polar surface area (TPSA) is 54.4 Å². The molecule has 16 heavy (non-hydrogen) atoms. The van der Waals surface area contributed by atoms with E-state index in [-0.39, 0.29) is 0 Å². The van der Waals surface area contributed by atoms with Gasteiger partial charge in [0.15, 0.2) is 0 Å². The molecule has 3 nitrogen and oxygen atoms in total. The first-order valence-corrected chi connectivity index (χ1v) is 6.39. The first-order chi connectivity index (χ1) is 7.47. The summed E-state index contributed by atoms with van der Waals surface area (Å²) in [6, 6.07) is 5.53. The monoisotopic (exact) mass is 240 g/mol. The zero-order valence-electron chi connectivity index (χ0n) is 9.69. The van der Waals surface area contributed by atoms with E-state index in [2.05, 4.69) is 0 Å². The molecule has 1 aromatic carbocycles. The number of aryl methyl sites for hydroxylation is 2. The van der Waals surface area contributed by atoms with Crippen molar-refractivity contribution in [1.29, 1.82) is 0 Å². The fraction of sp³-hybridized carbons (Fsp3) is 0.417. The Morgan fingerprint density at radius 3 is 2.50 bits per heavy atom. The van der Waals surface area contributed by atoms with E-state index in [4.69, 9.17) is 5.11 Å². The predicted octanol–water partition coefficient (Wildman–Crippen LogP) is 2.27. The lowest BCUT2D eigenvalue weighted by molar-refractivity contribution is -0.136. The minimum absolute atomic E-state index is 0.370. The molecular formula is C12H16O3S. The van der Waals surface area contributed by atoms with Crippen LogP contribution in [0.15, 0.2) is 23.1 Å². The van der Waals surface area contributed by atoms with Gasteiger partial charge in [0, 0.05) is 4.90 Å². The van der Waals surface area contributed by atoms with Gasteiger partial charge in [-0.1, -0.05) is 24.6 Å². The van der Waals surface area contributed by atoms with Gasteiger partial charge >= 0.3 is 5.97 Å². The summed E-state index contributed by atoms with van der Waals surface area (Å²) in [5.41, 5.74) is 1.97. The second-order valence-corrected chi connectivity index (χ2v) is 5.41. The summed E-state index contributed by atoms with van der Waals surface area (Å²) in [6.07, 6.45) is 0.370. The molecule has 0 aliphatic rings. The SMILES string of the molecule is CC[C@H](C(=O)O)[S@@](=O)c1ccc(C)cc1C. The average molecular weight is 240 g/mol. The van der Waals surface area contributed by atoms with Gasteiger partial charge in [-0.25, -0.2) is 0 Å². The van der Waals surface area contributed by atoms with E-state index in [9.17, 15) is 9.00 Å². The van der Waals surface area contributed by atoms with Gasteiger partial charge in [0.05, 0.1) is 10.8 Å². The number of carboxylic acids is 1. The highest BCUT2D eigenvalue weighted by molar-refractivity contribution is 7.86. The second kappa shape index (κ2) is 5.25. The first-order valence-electron chi connectivity index (χ1n) is 5.18. The highest BCUT2D eigenvalue weighted by Crippen LogP contribution is 2.19. The van der Waals surface area contributed by atoms with E-state index < -0.39 is 22.0 Å². The molecule has 0 aliphatic heterocycles. The van der Waals surface area contributed by atoms with Gasteiger partial charge in [-0.05, 0) is 31.9 Å². The van der Waals surface area contributed by atoms with Crippen LogP contribution in [0.3, 0.4) is 0 Å². The number of benzene rings is 1. The molecule has 0 heterocycles. The lowest BCUT2D eigenvalue weighted by Gasteiger charge is -2.12. The maximum atomic E-state index is 12.1. The zero-order chi connectivity index (χ0) is 12.3. The van der Waals surface area contributed by atoms with Crippen LogP contribution in [0.2, 0.25) is 0 Å². The van der Waals surface area contributed by atoms with Crippen molar-refractivity contribution in [2.45, 2.75) is 37.3 Å². The van der Waals surface area contributed by atoms with Crippen molar-refractivity contribution in [1.82, 2.24) is 0 Å². The third-order valence-corrected chi connectivity index (χ3v) is 4.40. The lowest BCUT2D eigenvalue weighted by Crippen LogP contribution is -2.25. The van der Waals surface area contributed by atoms with Crippen molar-refractivity contribution in [2.75, 3.05) is 0 Å². The van der Waals surface area contributed by atoms with Crippen molar-refractivity contribution in [3.8, 4) is 0 Å². The average Bonchev–Trinajstić information content (AvgIpc) is 2.17. The van der Waals surface area contributed by atoms with Crippen molar-refractivity contribution in [2.24, 2.45) is 0 Å². The Morgan fingerprint density at radius 2 is 2.06 bits per heavy atom. The standard InChI is InChI=1S/C12H16O3S/c1-4-10(12(13)14)16(15)11-6-5-8(2)7-9(11)3/h5-7,10H,4H2,1-3H3,(H,13,14)/t10-,16-/m1/s1. The van der Waals surface area contributed by atoms with Crippen LogP contribution in [0.1, 0.15) is 24.5 Å². The summed E-state index contributed by atoms with van der Waals surface area (Å²) in [6.45, 7) is 5.54. The number of aliphatic carboxylic acids is 1. The summed E-state index contributed by atoms with van der Waals surface area (Å²) in [5.74, 6) is -0.999. The Balaban J connectivity index is 3.09. The lowest BCUT2D eigenvalue weighted by atomic mass is 10.2. The molecule has 1 rings (SSSR count). The molecule has 0 radical (unpaired) electrons. The second-order valence-electron chi connectivity index (χ2n) is 3.80. The number of rotatable bonds is 4. The Labute approximate surface area is 98.0 Å².